The second-order valence-electron chi connectivity index (χ2n) is 2.69. The van der Waals surface area contributed by atoms with Crippen LogP contribution in [0.25, 0.3) is 0 Å². The fourth-order valence-electron chi connectivity index (χ4n) is 1.12. The highest BCUT2D eigenvalue weighted by Gasteiger charge is 2.24. The first kappa shape index (κ1) is 7.32. The van der Waals surface area contributed by atoms with E-state index in [-0.39, 0.29) is 0 Å². The highest BCUT2D eigenvalue weighted by molar-refractivity contribution is 5.80. The van der Waals surface area contributed by atoms with Crippen LogP contribution >= 0.6 is 0 Å². The maximum absolute atomic E-state index is 10.2. The number of hydrogen-bond donors (Lipinski definition) is 1. The van der Waals surface area contributed by atoms with Crippen LogP contribution in [0.4, 0.5) is 0 Å². The van der Waals surface area contributed by atoms with E-state index in [1.807, 2.05) is 6.92 Å². The highest BCUT2D eigenvalue weighted by Crippen LogP contribution is 2.37. The van der Waals surface area contributed by atoms with E-state index in [1.54, 1.807) is 0 Å². The lowest BCUT2D eigenvalue weighted by Crippen LogP contribution is -1.92. The van der Waals surface area contributed by atoms with E-state index in [1.165, 1.54) is 18.9 Å². The molecular formula is C8H12O2. The molecule has 0 bridgehead atoms. The molecule has 0 atom stereocenters. The number of aliphatic carboxylic acids is 1. The van der Waals surface area contributed by atoms with E-state index in [0.717, 1.165) is 12.0 Å². The number of hydrogen-bond acceptors (Lipinski definition) is 1. The van der Waals surface area contributed by atoms with Gasteiger partial charge in [-0.3, -0.25) is 0 Å². The summed E-state index contributed by atoms with van der Waals surface area (Å²) in [5.74, 6) is -0.204. The molecule has 0 aliphatic heterocycles. The first-order chi connectivity index (χ1) is 4.74. The Hall–Kier alpha value is -0.790. The minimum Gasteiger partial charge on any atom is -0.478 e. The van der Waals surface area contributed by atoms with Crippen LogP contribution in [0, 0.1) is 5.92 Å². The molecule has 0 aromatic rings. The van der Waals surface area contributed by atoms with E-state index in [4.69, 9.17) is 5.11 Å². The highest BCUT2D eigenvalue weighted by atomic mass is 16.4. The lowest BCUT2D eigenvalue weighted by Gasteiger charge is -1.97. The fraction of sp³-hybridized carbons (Fsp3) is 0.625. The summed E-state index contributed by atoms with van der Waals surface area (Å²) in [5, 5.41) is 8.42. The van der Waals surface area contributed by atoms with E-state index >= 15 is 0 Å². The van der Waals surface area contributed by atoms with Gasteiger partial charge < -0.3 is 5.11 Å². The van der Waals surface area contributed by atoms with Crippen molar-refractivity contribution in [1.29, 1.82) is 0 Å². The van der Waals surface area contributed by atoms with Gasteiger partial charge in [0.25, 0.3) is 0 Å². The van der Waals surface area contributed by atoms with Crippen molar-refractivity contribution in [3.8, 4) is 0 Å². The van der Waals surface area contributed by atoms with E-state index in [0.29, 0.717) is 5.92 Å². The van der Waals surface area contributed by atoms with Crippen LogP contribution in [-0.4, -0.2) is 11.1 Å². The quantitative estimate of drug-likeness (QED) is 0.607. The normalized spacial score (nSPS) is 19.1. The zero-order chi connectivity index (χ0) is 7.56. The van der Waals surface area contributed by atoms with Gasteiger partial charge in [0.05, 0.1) is 0 Å². The van der Waals surface area contributed by atoms with Crippen LogP contribution in [0.5, 0.6) is 0 Å². The summed E-state index contributed by atoms with van der Waals surface area (Å²) in [5.41, 5.74) is 1.10. The third-order valence-corrected chi connectivity index (χ3v) is 1.82. The van der Waals surface area contributed by atoms with Crippen LogP contribution in [-0.2, 0) is 4.79 Å². The predicted molar refractivity (Wildman–Crippen MR) is 38.7 cm³/mol. The minimum atomic E-state index is -0.802. The van der Waals surface area contributed by atoms with Crippen molar-refractivity contribution in [2.24, 2.45) is 5.92 Å². The van der Waals surface area contributed by atoms with Gasteiger partial charge in [-0.25, -0.2) is 4.79 Å². The minimum absolute atomic E-state index is 0.598. The Morgan fingerprint density at radius 1 is 1.70 bits per heavy atom. The van der Waals surface area contributed by atoms with Crippen molar-refractivity contribution in [3.05, 3.63) is 11.6 Å². The summed E-state index contributed by atoms with van der Waals surface area (Å²) in [6, 6.07) is 0. The number of allylic oxidation sites excluding steroid dienone is 1. The molecule has 1 rings (SSSR count). The molecular weight excluding hydrogens is 128 g/mol. The monoisotopic (exact) mass is 140 g/mol. The van der Waals surface area contributed by atoms with Crippen LogP contribution < -0.4 is 0 Å². The Morgan fingerprint density at radius 3 is 2.60 bits per heavy atom. The van der Waals surface area contributed by atoms with Crippen LogP contribution in [0.3, 0.4) is 0 Å². The van der Waals surface area contributed by atoms with Crippen molar-refractivity contribution >= 4 is 5.97 Å². The molecule has 0 saturated heterocycles. The Labute approximate surface area is 60.6 Å². The lowest BCUT2D eigenvalue weighted by molar-refractivity contribution is -0.131. The number of carbonyl (C=O) groups is 1. The molecule has 56 valence electrons. The van der Waals surface area contributed by atoms with Gasteiger partial charge in [-0.1, -0.05) is 12.5 Å². The van der Waals surface area contributed by atoms with Gasteiger partial charge in [-0.2, -0.15) is 0 Å². The summed E-state index contributed by atoms with van der Waals surface area (Å²) in [7, 11) is 0. The smallest absolute Gasteiger partial charge is 0.328 e. The van der Waals surface area contributed by atoms with E-state index in [2.05, 4.69) is 0 Å². The standard InChI is InChI=1S/C8H12O2/c1-2-6(5-8(9)10)7-3-4-7/h5,7H,2-4H2,1H3,(H,9,10). The average Bonchev–Trinajstić information content (AvgIpc) is 2.63. The molecule has 0 unspecified atom stereocenters. The van der Waals surface area contributed by atoms with Gasteiger partial charge in [-0.05, 0) is 25.2 Å². The molecule has 0 amide bonds. The van der Waals surface area contributed by atoms with Crippen LogP contribution in [0.2, 0.25) is 0 Å². The van der Waals surface area contributed by atoms with Gasteiger partial charge in [0, 0.05) is 6.08 Å². The second-order valence-corrected chi connectivity index (χ2v) is 2.69. The molecule has 0 radical (unpaired) electrons. The first-order valence-electron chi connectivity index (χ1n) is 3.67. The topological polar surface area (TPSA) is 37.3 Å². The molecule has 1 fully saturated rings. The molecule has 1 aliphatic carbocycles. The van der Waals surface area contributed by atoms with Crippen molar-refractivity contribution in [3.63, 3.8) is 0 Å². The molecule has 0 aromatic heterocycles. The molecule has 1 saturated carbocycles. The van der Waals surface area contributed by atoms with Gasteiger partial charge in [0.15, 0.2) is 0 Å². The number of carboxylic acids is 1. The Kier molecular flexibility index (Phi) is 2.10. The number of carboxylic acid groups (broad SMARTS) is 1. The van der Waals surface area contributed by atoms with Crippen molar-refractivity contribution in [1.82, 2.24) is 0 Å². The third kappa shape index (κ3) is 1.87. The summed E-state index contributed by atoms with van der Waals surface area (Å²) in [6.45, 7) is 2.01. The SMILES string of the molecule is CCC(=CC(=O)O)C1CC1. The molecule has 0 aromatic carbocycles. The molecule has 1 aliphatic rings. The summed E-state index contributed by atoms with van der Waals surface area (Å²) >= 11 is 0. The maximum atomic E-state index is 10.2. The predicted octanol–water partition coefficient (Wildman–Crippen LogP) is 1.82. The Bertz CT molecular complexity index is 166. The van der Waals surface area contributed by atoms with Crippen molar-refractivity contribution in [2.75, 3.05) is 0 Å². The Balaban J connectivity index is 2.53. The summed E-state index contributed by atoms with van der Waals surface area (Å²) < 4.78 is 0. The Morgan fingerprint density at radius 2 is 2.30 bits per heavy atom. The van der Waals surface area contributed by atoms with Crippen LogP contribution in [0.1, 0.15) is 26.2 Å². The van der Waals surface area contributed by atoms with Gasteiger partial charge >= 0.3 is 5.97 Å². The fourth-order valence-corrected chi connectivity index (χ4v) is 1.12. The second kappa shape index (κ2) is 2.86. The van der Waals surface area contributed by atoms with Gasteiger partial charge in [-0.15, -0.1) is 0 Å². The molecule has 10 heavy (non-hydrogen) atoms. The first-order valence-corrected chi connectivity index (χ1v) is 3.67. The maximum Gasteiger partial charge on any atom is 0.328 e. The van der Waals surface area contributed by atoms with E-state index in [9.17, 15) is 4.79 Å². The largest absolute Gasteiger partial charge is 0.478 e. The zero-order valence-corrected chi connectivity index (χ0v) is 6.13. The molecule has 2 nitrogen and oxygen atoms in total. The number of rotatable bonds is 3. The summed E-state index contributed by atoms with van der Waals surface area (Å²) in [6.07, 6.45) is 4.62. The average molecular weight is 140 g/mol. The third-order valence-electron chi connectivity index (χ3n) is 1.82. The molecule has 2 heteroatoms. The van der Waals surface area contributed by atoms with Gasteiger partial charge in [0.1, 0.15) is 0 Å². The molecule has 1 N–H and O–H groups in total. The summed E-state index contributed by atoms with van der Waals surface area (Å²) in [4.78, 5) is 10.2. The zero-order valence-electron chi connectivity index (χ0n) is 6.13. The lowest BCUT2D eigenvalue weighted by atomic mass is 10.1. The van der Waals surface area contributed by atoms with Crippen molar-refractivity contribution < 1.29 is 9.90 Å². The van der Waals surface area contributed by atoms with E-state index < -0.39 is 5.97 Å². The molecule has 0 spiro atoms. The van der Waals surface area contributed by atoms with Crippen molar-refractivity contribution in [2.45, 2.75) is 26.2 Å². The van der Waals surface area contributed by atoms with Crippen LogP contribution in [0.15, 0.2) is 11.6 Å². The molecule has 0 heterocycles. The van der Waals surface area contributed by atoms with Gasteiger partial charge in [0.2, 0.25) is 0 Å².